The molecule has 2 aliphatic heterocycles. The number of benzene rings is 6. The number of carbonyl (C=O) groups excluding carboxylic acids is 7. The van der Waals surface area contributed by atoms with E-state index in [-0.39, 0.29) is 81.4 Å². The first-order valence-electron chi connectivity index (χ1n) is 30.6. The second-order valence-electron chi connectivity index (χ2n) is 24.7. The molecule has 26 nitrogen and oxygen atoms in total. The summed E-state index contributed by atoms with van der Waals surface area (Å²) in [6, 6.07) is 22.7. The first kappa shape index (κ1) is 66.0. The van der Waals surface area contributed by atoms with Crippen molar-refractivity contribution in [1.29, 1.82) is 0 Å². The minimum Gasteiger partial charge on any atom is -0.507 e. The van der Waals surface area contributed by atoms with Crippen molar-refractivity contribution in [3.8, 4) is 45.6 Å². The number of aliphatic hydroxyl groups is 6. The number of rotatable bonds is 13. The van der Waals surface area contributed by atoms with Crippen LogP contribution in [0, 0.1) is 0 Å². The van der Waals surface area contributed by atoms with Crippen molar-refractivity contribution in [2.45, 2.75) is 131 Å². The minimum atomic E-state index is -2.34. The van der Waals surface area contributed by atoms with Gasteiger partial charge in [0.15, 0.2) is 35.7 Å². The van der Waals surface area contributed by atoms with E-state index in [0.717, 1.165) is 22.3 Å². The molecule has 498 valence electrons. The molecule has 26 heteroatoms. The SMILES string of the molecule is COc1cccc2c1C(=O)c1c(O)c3c(c(O)c1C2=O)C[C@@](O)(C(=O)CO)C[C@@H]3O[C@H]1C[C@H](N)[C@H](O)[C@H](C)O1.COc1cccc2c1C(=O)c1c(O)c3c(c(O)c1C2=O)C[C@@](O)(C(=O)CO)C[C@@H]3O[C@H]1C[C@H](NC(=O)OCC2c3ccccc3-c3ccccc32)[C@H](O)[C@H](C)O1. The molecular weight excluding hydrogens is 1240 g/mol. The average Bonchev–Trinajstić information content (AvgIpc) is 1.44. The number of phenols is 4. The van der Waals surface area contributed by atoms with Gasteiger partial charge in [-0.2, -0.15) is 0 Å². The monoisotopic (exact) mass is 1310 g/mol. The molecule has 13 N–H and O–H groups in total. The Labute approximate surface area is 540 Å². The van der Waals surface area contributed by atoms with Gasteiger partial charge in [-0.05, 0) is 48.2 Å². The Hall–Kier alpha value is -9.03. The summed E-state index contributed by atoms with van der Waals surface area (Å²) in [5.41, 5.74) is 2.52. The van der Waals surface area contributed by atoms with E-state index in [4.69, 9.17) is 38.9 Å². The molecule has 0 bridgehead atoms. The van der Waals surface area contributed by atoms with Crippen LogP contribution < -0.4 is 20.5 Å². The van der Waals surface area contributed by atoms with Crippen LogP contribution in [-0.4, -0.2) is 186 Å². The fraction of sp³-hybridized carbons (Fsp3) is 0.377. The van der Waals surface area contributed by atoms with Gasteiger partial charge in [-0.1, -0.05) is 72.8 Å². The molecule has 6 aromatic carbocycles. The Morgan fingerprint density at radius 3 is 1.40 bits per heavy atom. The number of fused-ring (bicyclic) bond motifs is 9. The number of nitrogens with one attached hydrogen (secondary N) is 1. The van der Waals surface area contributed by atoms with Gasteiger partial charge < -0.3 is 95.3 Å². The number of carbonyl (C=O) groups is 7. The summed E-state index contributed by atoms with van der Waals surface area (Å²) >= 11 is 0. The third-order valence-corrected chi connectivity index (χ3v) is 19.2. The fourth-order valence-corrected chi connectivity index (χ4v) is 14.4. The molecule has 2 saturated heterocycles. The quantitative estimate of drug-likeness (QED) is 0.0734. The third-order valence-electron chi connectivity index (χ3n) is 19.2. The number of nitrogens with two attached hydrogens (primary N) is 1. The molecule has 12 atom stereocenters. The highest BCUT2D eigenvalue weighted by Gasteiger charge is 2.53. The maximum atomic E-state index is 14.0. The number of ketones is 6. The van der Waals surface area contributed by atoms with E-state index in [1.54, 1.807) is 13.8 Å². The molecule has 2 fully saturated rings. The van der Waals surface area contributed by atoms with Gasteiger partial charge in [-0.25, -0.2) is 4.79 Å². The molecule has 0 aromatic heterocycles. The van der Waals surface area contributed by atoms with Crippen LogP contribution in [0.5, 0.6) is 34.5 Å². The lowest BCUT2D eigenvalue weighted by molar-refractivity contribution is -0.249. The lowest BCUT2D eigenvalue weighted by Gasteiger charge is -2.42. The number of methoxy groups -OCH3 is 2. The fourth-order valence-electron chi connectivity index (χ4n) is 14.4. The highest BCUT2D eigenvalue weighted by Crippen LogP contribution is 2.55. The van der Waals surface area contributed by atoms with E-state index in [9.17, 15) is 84.6 Å². The van der Waals surface area contributed by atoms with Crippen LogP contribution in [0.1, 0.15) is 155 Å². The van der Waals surface area contributed by atoms with Crippen LogP contribution >= 0.6 is 0 Å². The largest absolute Gasteiger partial charge is 0.507 e. The second kappa shape index (κ2) is 25.3. The Balaban J connectivity index is 0.000000194. The van der Waals surface area contributed by atoms with E-state index < -0.39 is 197 Å². The van der Waals surface area contributed by atoms with Gasteiger partial charge in [0.1, 0.15) is 71.6 Å². The number of ether oxygens (including phenoxy) is 7. The zero-order chi connectivity index (χ0) is 68.0. The van der Waals surface area contributed by atoms with E-state index in [0.29, 0.717) is 0 Å². The Morgan fingerprint density at radius 1 is 0.558 bits per heavy atom. The third kappa shape index (κ3) is 11.1. The van der Waals surface area contributed by atoms with Gasteiger partial charge in [-0.3, -0.25) is 28.8 Å². The minimum absolute atomic E-state index is 0.0173. The number of amides is 1. The summed E-state index contributed by atoms with van der Waals surface area (Å²) in [5.74, 6) is -8.02. The number of aromatic hydroxyl groups is 4. The number of aliphatic hydroxyl groups excluding tert-OH is 4. The Morgan fingerprint density at radius 2 is 0.968 bits per heavy atom. The van der Waals surface area contributed by atoms with Gasteiger partial charge in [0.05, 0.1) is 84.2 Å². The Bertz CT molecular complexity index is 4150. The number of alkyl carbamates (subject to hydrolysis) is 1. The summed E-state index contributed by atoms with van der Waals surface area (Å²) in [5, 5.41) is 112. The molecule has 2 heterocycles. The number of hydrogen-bond donors (Lipinski definition) is 12. The van der Waals surface area contributed by atoms with E-state index in [1.807, 2.05) is 48.5 Å². The molecule has 1 amide bonds. The molecule has 0 spiro atoms. The molecular formula is C69H68N2O24. The molecule has 0 unspecified atom stereocenters. The van der Waals surface area contributed by atoms with Crippen molar-refractivity contribution in [3.63, 3.8) is 0 Å². The molecule has 5 aliphatic carbocycles. The van der Waals surface area contributed by atoms with Gasteiger partial charge in [0.2, 0.25) is 11.6 Å². The van der Waals surface area contributed by atoms with Crippen molar-refractivity contribution < 1.29 is 118 Å². The Kier molecular flexibility index (Phi) is 17.6. The lowest BCUT2D eigenvalue weighted by Crippen LogP contribution is -2.56. The standard InChI is InChI=1S/C42H39NO13.C27H29NO11/c1-19-36(46)27(43-41(51)54-18-26-22-10-5-3-8-20(22)21-9-4-6-11-23(21)26)14-31(55-19)56-29-16-42(52,30(45)17-44)15-25-33(29)40(50)35-34(38(25)48)37(47)24-12-7-13-28(53-2)32(24)39(35)49;1-10-22(31)13(28)6-17(38-10)39-15-8-27(36,16(30)9-29)7-12-19(15)26(35)21-20(24(12)33)23(32)11-4-3-5-14(37-2)18(11)25(21)34/h3-13,19,26-27,29,31,36,44,46,48,50,52H,14-18H2,1-2H3,(H,43,51);3-5,10,13,15,17,22,29,31,33,35-36H,6-9,28H2,1-2H3/t19-,27-,29-,31-,36+,42-;10-,13-,15-,17-,22+,27-/m00/s1. The topological polar surface area (TPSA) is 424 Å². The van der Waals surface area contributed by atoms with Crippen LogP contribution in [0.3, 0.4) is 0 Å². The van der Waals surface area contributed by atoms with E-state index >= 15 is 0 Å². The summed E-state index contributed by atoms with van der Waals surface area (Å²) in [4.78, 5) is 93.7. The maximum absolute atomic E-state index is 14.0. The van der Waals surface area contributed by atoms with Gasteiger partial charge in [0, 0.05) is 83.9 Å². The molecule has 0 saturated carbocycles. The zero-order valence-electron chi connectivity index (χ0n) is 51.6. The summed E-state index contributed by atoms with van der Waals surface area (Å²) in [6.45, 7) is 1.05. The molecule has 13 rings (SSSR count). The first-order chi connectivity index (χ1) is 45.3. The highest BCUT2D eigenvalue weighted by molar-refractivity contribution is 6.32. The average molecular weight is 1310 g/mol. The molecule has 0 radical (unpaired) electrons. The molecule has 6 aromatic rings. The smallest absolute Gasteiger partial charge is 0.407 e. The predicted octanol–water partition coefficient (Wildman–Crippen LogP) is 3.58. The summed E-state index contributed by atoms with van der Waals surface area (Å²) in [7, 11) is 2.64. The number of Topliss-reactive ketones (excluding diaryl/α,β-unsaturated/α-hetero) is 2. The normalized spacial score (nSPS) is 27.0. The van der Waals surface area contributed by atoms with Crippen LogP contribution in [-0.2, 0) is 46.1 Å². The van der Waals surface area contributed by atoms with Crippen LogP contribution in [0.2, 0.25) is 0 Å². The van der Waals surface area contributed by atoms with Gasteiger partial charge >= 0.3 is 6.09 Å². The van der Waals surface area contributed by atoms with E-state index in [2.05, 4.69) is 5.32 Å². The maximum Gasteiger partial charge on any atom is 0.407 e. The van der Waals surface area contributed by atoms with Crippen molar-refractivity contribution in [2.75, 3.05) is 34.0 Å². The van der Waals surface area contributed by atoms with Crippen molar-refractivity contribution in [3.05, 3.63) is 163 Å². The molecule has 7 aliphatic rings. The molecule has 95 heavy (non-hydrogen) atoms. The van der Waals surface area contributed by atoms with E-state index in [1.165, 1.54) is 50.6 Å². The number of hydrogen-bond acceptors (Lipinski definition) is 25. The second-order valence-corrected chi connectivity index (χ2v) is 24.7. The summed E-state index contributed by atoms with van der Waals surface area (Å²) < 4.78 is 40.3. The van der Waals surface area contributed by atoms with Crippen molar-refractivity contribution >= 4 is 40.8 Å². The van der Waals surface area contributed by atoms with Crippen molar-refractivity contribution in [1.82, 2.24) is 5.32 Å². The van der Waals surface area contributed by atoms with Gasteiger partial charge in [-0.15, -0.1) is 0 Å². The summed E-state index contributed by atoms with van der Waals surface area (Å²) in [6.07, 6.45) is -12.2. The predicted molar refractivity (Wildman–Crippen MR) is 328 cm³/mol. The first-order valence-corrected chi connectivity index (χ1v) is 30.6. The van der Waals surface area contributed by atoms with Crippen LogP contribution in [0.4, 0.5) is 4.79 Å². The lowest BCUT2D eigenvalue weighted by atomic mass is 9.72. The van der Waals surface area contributed by atoms with Crippen molar-refractivity contribution in [2.24, 2.45) is 5.73 Å². The number of phenolic OH excluding ortho intramolecular Hbond substituents is 4. The zero-order valence-corrected chi connectivity index (χ0v) is 51.6. The van der Waals surface area contributed by atoms with Crippen LogP contribution in [0.25, 0.3) is 11.1 Å². The van der Waals surface area contributed by atoms with Crippen LogP contribution in [0.15, 0.2) is 84.9 Å². The highest BCUT2D eigenvalue weighted by atomic mass is 16.7. The van der Waals surface area contributed by atoms with Gasteiger partial charge in [0.25, 0.3) is 0 Å².